The van der Waals surface area contributed by atoms with Crippen LogP contribution in [-0.2, 0) is 14.3 Å². The van der Waals surface area contributed by atoms with Crippen LogP contribution in [0, 0.1) is 0 Å². The summed E-state index contributed by atoms with van der Waals surface area (Å²) in [6.45, 7) is 1.35. The van der Waals surface area contributed by atoms with Crippen molar-refractivity contribution in [1.29, 1.82) is 0 Å². The van der Waals surface area contributed by atoms with Crippen LogP contribution in [0.1, 0.15) is 27.8 Å². The van der Waals surface area contributed by atoms with Gasteiger partial charge in [0.05, 0.1) is 20.0 Å². The molecule has 0 spiro atoms. The first kappa shape index (κ1) is 21.1. The maximum atomic E-state index is 12.6. The first-order valence-corrected chi connectivity index (χ1v) is 9.85. The molecule has 0 aliphatic carbocycles. The van der Waals surface area contributed by atoms with Crippen molar-refractivity contribution >= 4 is 34.2 Å². The lowest BCUT2D eigenvalue weighted by atomic mass is 10.0. The van der Waals surface area contributed by atoms with Gasteiger partial charge in [-0.2, -0.15) is 0 Å². The molecule has 2 heterocycles. The van der Waals surface area contributed by atoms with Crippen molar-refractivity contribution in [3.8, 4) is 16.9 Å². The van der Waals surface area contributed by atoms with Crippen LogP contribution in [0.5, 0.6) is 5.75 Å². The van der Waals surface area contributed by atoms with E-state index < -0.39 is 24.5 Å². The number of ether oxygens (including phenoxy) is 3. The first-order valence-electron chi connectivity index (χ1n) is 8.97. The molecule has 0 atom stereocenters. The topological polar surface area (TPSA) is 104 Å². The van der Waals surface area contributed by atoms with Crippen LogP contribution in [0.3, 0.4) is 0 Å². The Kier molecular flexibility index (Phi) is 6.87. The number of rotatable bonds is 8. The molecule has 0 radical (unpaired) electrons. The zero-order valence-corrected chi connectivity index (χ0v) is 17.1. The standard InChI is InChI=1S/C21H19NO7S/c1-3-27-21(25)18-15(13-6-8-14(26-2)9-7-13)12-30-19(18)22-17(23)11-29-20(24)16-5-4-10-28-16/h4-10,12H,3,11H2,1-2H3,(H,22,23). The number of methoxy groups -OCH3 is 1. The van der Waals surface area contributed by atoms with Gasteiger partial charge in [-0.15, -0.1) is 11.3 Å². The second kappa shape index (κ2) is 9.75. The minimum atomic E-state index is -0.758. The highest BCUT2D eigenvalue weighted by Gasteiger charge is 2.23. The van der Waals surface area contributed by atoms with Crippen LogP contribution >= 0.6 is 11.3 Å². The van der Waals surface area contributed by atoms with Crippen LogP contribution in [0.2, 0.25) is 0 Å². The zero-order chi connectivity index (χ0) is 21.5. The molecule has 1 amide bonds. The molecule has 1 aromatic carbocycles. The lowest BCUT2D eigenvalue weighted by Gasteiger charge is -2.09. The van der Waals surface area contributed by atoms with Gasteiger partial charge < -0.3 is 23.9 Å². The van der Waals surface area contributed by atoms with Gasteiger partial charge in [-0.05, 0) is 36.8 Å². The molecule has 0 saturated carbocycles. The third-order valence-corrected chi connectivity index (χ3v) is 4.88. The summed E-state index contributed by atoms with van der Waals surface area (Å²) in [5.74, 6) is -1.24. The molecule has 0 fully saturated rings. The van der Waals surface area contributed by atoms with Gasteiger partial charge in [0.15, 0.2) is 6.61 Å². The van der Waals surface area contributed by atoms with E-state index in [0.717, 1.165) is 5.56 Å². The Bertz CT molecular complexity index is 1020. The Morgan fingerprint density at radius 3 is 2.47 bits per heavy atom. The van der Waals surface area contributed by atoms with Crippen LogP contribution in [0.25, 0.3) is 11.1 Å². The fourth-order valence-electron chi connectivity index (χ4n) is 2.60. The number of carbonyl (C=O) groups is 3. The average Bonchev–Trinajstić information content (AvgIpc) is 3.43. The monoisotopic (exact) mass is 429 g/mol. The van der Waals surface area contributed by atoms with Crippen molar-refractivity contribution < 1.29 is 33.0 Å². The zero-order valence-electron chi connectivity index (χ0n) is 16.3. The van der Waals surface area contributed by atoms with Crippen LogP contribution in [0.15, 0.2) is 52.5 Å². The van der Waals surface area contributed by atoms with Gasteiger partial charge in [-0.25, -0.2) is 9.59 Å². The highest BCUT2D eigenvalue weighted by Crippen LogP contribution is 2.36. The molecule has 9 heteroatoms. The molecular formula is C21H19NO7S. The SMILES string of the molecule is CCOC(=O)c1c(-c2ccc(OC)cc2)csc1NC(=O)COC(=O)c1ccco1. The second-order valence-electron chi connectivity index (χ2n) is 5.90. The van der Waals surface area contributed by atoms with Crippen LogP contribution in [0.4, 0.5) is 5.00 Å². The Hall–Kier alpha value is -3.59. The summed E-state index contributed by atoms with van der Waals surface area (Å²) < 4.78 is 20.1. The summed E-state index contributed by atoms with van der Waals surface area (Å²) in [4.78, 5) is 36.6. The third kappa shape index (κ3) is 4.87. The number of esters is 2. The number of furan rings is 1. The molecule has 30 heavy (non-hydrogen) atoms. The molecule has 0 aliphatic rings. The molecule has 1 N–H and O–H groups in total. The molecule has 0 aliphatic heterocycles. The molecule has 3 aromatic rings. The Labute approximate surface area is 176 Å². The van der Waals surface area contributed by atoms with E-state index in [1.165, 1.54) is 29.7 Å². The van der Waals surface area contributed by atoms with E-state index in [2.05, 4.69) is 5.32 Å². The fraction of sp³-hybridized carbons (Fsp3) is 0.190. The van der Waals surface area contributed by atoms with Crippen molar-refractivity contribution in [2.24, 2.45) is 0 Å². The summed E-state index contributed by atoms with van der Waals surface area (Å²) in [6.07, 6.45) is 1.33. The highest BCUT2D eigenvalue weighted by molar-refractivity contribution is 7.15. The van der Waals surface area contributed by atoms with Crippen molar-refractivity contribution in [3.05, 3.63) is 59.4 Å². The Morgan fingerprint density at radius 1 is 1.07 bits per heavy atom. The minimum Gasteiger partial charge on any atom is -0.497 e. The largest absolute Gasteiger partial charge is 0.497 e. The normalized spacial score (nSPS) is 10.3. The van der Waals surface area contributed by atoms with Crippen LogP contribution in [-0.4, -0.2) is 38.2 Å². The third-order valence-electron chi connectivity index (χ3n) is 3.98. The molecule has 8 nitrogen and oxygen atoms in total. The fourth-order valence-corrected chi connectivity index (χ4v) is 3.57. The van der Waals surface area contributed by atoms with Gasteiger partial charge in [0, 0.05) is 10.9 Å². The van der Waals surface area contributed by atoms with Gasteiger partial charge in [0.2, 0.25) is 5.76 Å². The molecule has 3 rings (SSSR count). The van der Waals surface area contributed by atoms with Crippen LogP contribution < -0.4 is 10.1 Å². The van der Waals surface area contributed by atoms with Gasteiger partial charge in [-0.3, -0.25) is 4.79 Å². The molecule has 0 saturated heterocycles. The minimum absolute atomic E-state index is 0.00655. The van der Waals surface area contributed by atoms with Gasteiger partial charge in [0.1, 0.15) is 16.3 Å². The molecule has 156 valence electrons. The Balaban J connectivity index is 1.77. The lowest BCUT2D eigenvalue weighted by molar-refractivity contribution is -0.119. The molecular weight excluding hydrogens is 410 g/mol. The lowest BCUT2D eigenvalue weighted by Crippen LogP contribution is -2.21. The number of hydrogen-bond donors (Lipinski definition) is 1. The van der Waals surface area contributed by atoms with Crippen molar-refractivity contribution in [2.45, 2.75) is 6.92 Å². The van der Waals surface area contributed by atoms with E-state index in [9.17, 15) is 14.4 Å². The molecule has 2 aromatic heterocycles. The smallest absolute Gasteiger partial charge is 0.374 e. The quantitative estimate of drug-likeness (QED) is 0.540. The number of amides is 1. The van der Waals surface area contributed by atoms with E-state index in [4.69, 9.17) is 18.6 Å². The highest BCUT2D eigenvalue weighted by atomic mass is 32.1. The Morgan fingerprint density at radius 2 is 1.83 bits per heavy atom. The number of carbonyl (C=O) groups excluding carboxylic acids is 3. The number of thiophene rings is 1. The first-order chi connectivity index (χ1) is 14.5. The number of benzene rings is 1. The predicted molar refractivity (Wildman–Crippen MR) is 110 cm³/mol. The summed E-state index contributed by atoms with van der Waals surface area (Å²) >= 11 is 1.17. The summed E-state index contributed by atoms with van der Waals surface area (Å²) in [7, 11) is 1.57. The van der Waals surface area contributed by atoms with Gasteiger partial charge in [-0.1, -0.05) is 12.1 Å². The maximum absolute atomic E-state index is 12.6. The summed E-state index contributed by atoms with van der Waals surface area (Å²) in [5.41, 5.74) is 1.61. The summed E-state index contributed by atoms with van der Waals surface area (Å²) in [5, 5.41) is 4.66. The van der Waals surface area contributed by atoms with E-state index in [1.807, 2.05) is 0 Å². The number of anilines is 1. The van der Waals surface area contributed by atoms with Crippen molar-refractivity contribution in [2.75, 3.05) is 25.6 Å². The second-order valence-corrected chi connectivity index (χ2v) is 6.78. The van der Waals surface area contributed by atoms with Crippen molar-refractivity contribution in [1.82, 2.24) is 0 Å². The number of nitrogens with one attached hydrogen (secondary N) is 1. The molecule has 0 bridgehead atoms. The molecule has 0 unspecified atom stereocenters. The average molecular weight is 429 g/mol. The van der Waals surface area contributed by atoms with Gasteiger partial charge >= 0.3 is 11.9 Å². The van der Waals surface area contributed by atoms with Crippen molar-refractivity contribution in [3.63, 3.8) is 0 Å². The predicted octanol–water partition coefficient (Wildman–Crippen LogP) is 3.99. The van der Waals surface area contributed by atoms with E-state index >= 15 is 0 Å². The van der Waals surface area contributed by atoms with E-state index in [-0.39, 0.29) is 17.9 Å². The van der Waals surface area contributed by atoms with E-state index in [0.29, 0.717) is 16.3 Å². The maximum Gasteiger partial charge on any atom is 0.374 e. The number of hydrogen-bond acceptors (Lipinski definition) is 8. The van der Waals surface area contributed by atoms with E-state index in [1.54, 1.807) is 43.7 Å². The van der Waals surface area contributed by atoms with Gasteiger partial charge in [0.25, 0.3) is 5.91 Å². The summed E-state index contributed by atoms with van der Waals surface area (Å²) in [6, 6.07) is 10.1.